The first-order chi connectivity index (χ1) is 8.74. The number of nitrogens with one attached hydrogen (secondary N) is 2. The number of nitrogens with zero attached hydrogens (tertiary/aromatic N) is 1. The van der Waals surface area contributed by atoms with E-state index in [0.717, 1.165) is 36.6 Å². The molecular formula is C12H19N3O2S. The minimum Gasteiger partial charge on any atom is -0.368 e. The van der Waals surface area contributed by atoms with E-state index in [0.29, 0.717) is 6.54 Å². The normalized spacial score (nSPS) is 16.7. The van der Waals surface area contributed by atoms with Crippen molar-refractivity contribution in [1.82, 2.24) is 15.6 Å². The van der Waals surface area contributed by atoms with E-state index in [1.54, 1.807) is 11.3 Å². The first-order valence-electron chi connectivity index (χ1n) is 6.24. The molecule has 100 valence electrons. The lowest BCUT2D eigenvalue weighted by molar-refractivity contribution is -0.128. The Kier molecular flexibility index (Phi) is 5.10. The molecule has 1 aromatic heterocycles. The maximum Gasteiger partial charge on any atom is 0.246 e. The molecule has 0 spiro atoms. The highest BCUT2D eigenvalue weighted by molar-refractivity contribution is 7.09. The standard InChI is InChI=1S/C12H19N3O2S/c1-9-8-18-12(15-9)6-14-11(16)7-17-10-2-4-13-5-3-10/h8,10,13H,2-7H2,1H3,(H,14,16). The molecule has 0 atom stereocenters. The Labute approximate surface area is 111 Å². The molecule has 1 aliphatic rings. The van der Waals surface area contributed by atoms with Crippen molar-refractivity contribution >= 4 is 17.2 Å². The predicted octanol–water partition coefficient (Wildman–Crippen LogP) is 0.836. The van der Waals surface area contributed by atoms with Gasteiger partial charge in [-0.15, -0.1) is 11.3 Å². The quantitative estimate of drug-likeness (QED) is 0.831. The highest BCUT2D eigenvalue weighted by atomic mass is 32.1. The van der Waals surface area contributed by atoms with Crippen LogP contribution in [-0.4, -0.2) is 36.7 Å². The largest absolute Gasteiger partial charge is 0.368 e. The van der Waals surface area contributed by atoms with Crippen molar-refractivity contribution in [2.45, 2.75) is 32.4 Å². The Bertz CT molecular complexity index is 388. The molecule has 0 aromatic carbocycles. The molecule has 18 heavy (non-hydrogen) atoms. The fraction of sp³-hybridized carbons (Fsp3) is 0.667. The second-order valence-electron chi connectivity index (χ2n) is 4.42. The van der Waals surface area contributed by atoms with E-state index < -0.39 is 0 Å². The molecule has 0 unspecified atom stereocenters. The van der Waals surface area contributed by atoms with E-state index in [1.165, 1.54) is 0 Å². The van der Waals surface area contributed by atoms with Crippen LogP contribution in [0.2, 0.25) is 0 Å². The third-order valence-corrected chi connectivity index (χ3v) is 3.81. The number of piperidine rings is 1. The average Bonchev–Trinajstić information content (AvgIpc) is 2.81. The van der Waals surface area contributed by atoms with Crippen molar-refractivity contribution in [3.8, 4) is 0 Å². The molecule has 2 rings (SSSR count). The van der Waals surface area contributed by atoms with Crippen molar-refractivity contribution < 1.29 is 9.53 Å². The van der Waals surface area contributed by atoms with Gasteiger partial charge < -0.3 is 15.4 Å². The first-order valence-corrected chi connectivity index (χ1v) is 7.12. The number of carbonyl (C=O) groups is 1. The van der Waals surface area contributed by atoms with Crippen molar-refractivity contribution in [1.29, 1.82) is 0 Å². The van der Waals surface area contributed by atoms with Crippen LogP contribution in [0, 0.1) is 6.92 Å². The number of hydrogen-bond donors (Lipinski definition) is 2. The van der Waals surface area contributed by atoms with Crippen LogP contribution in [-0.2, 0) is 16.1 Å². The number of aryl methyl sites for hydroxylation is 1. The van der Waals surface area contributed by atoms with Gasteiger partial charge in [0.15, 0.2) is 0 Å². The van der Waals surface area contributed by atoms with Crippen molar-refractivity contribution in [3.05, 3.63) is 16.1 Å². The Morgan fingerprint density at radius 2 is 2.39 bits per heavy atom. The minimum absolute atomic E-state index is 0.0682. The topological polar surface area (TPSA) is 63.2 Å². The van der Waals surface area contributed by atoms with Gasteiger partial charge in [-0.1, -0.05) is 0 Å². The van der Waals surface area contributed by atoms with E-state index >= 15 is 0 Å². The molecular weight excluding hydrogens is 250 g/mol. The van der Waals surface area contributed by atoms with E-state index in [9.17, 15) is 4.79 Å². The number of amides is 1. The van der Waals surface area contributed by atoms with Crippen LogP contribution in [0.5, 0.6) is 0 Å². The van der Waals surface area contributed by atoms with Crippen molar-refractivity contribution in [3.63, 3.8) is 0 Å². The van der Waals surface area contributed by atoms with Gasteiger partial charge in [-0.3, -0.25) is 4.79 Å². The highest BCUT2D eigenvalue weighted by Gasteiger charge is 2.14. The Balaban J connectivity index is 1.62. The summed E-state index contributed by atoms with van der Waals surface area (Å²) in [6.45, 7) is 4.54. The highest BCUT2D eigenvalue weighted by Crippen LogP contribution is 2.08. The predicted molar refractivity (Wildman–Crippen MR) is 70.5 cm³/mol. The molecule has 2 heterocycles. The smallest absolute Gasteiger partial charge is 0.246 e. The second kappa shape index (κ2) is 6.82. The zero-order valence-electron chi connectivity index (χ0n) is 10.6. The summed E-state index contributed by atoms with van der Waals surface area (Å²) in [6, 6.07) is 0. The van der Waals surface area contributed by atoms with E-state index in [-0.39, 0.29) is 18.6 Å². The Hall–Kier alpha value is -0.980. The summed E-state index contributed by atoms with van der Waals surface area (Å²) in [4.78, 5) is 15.9. The molecule has 2 N–H and O–H groups in total. The molecule has 0 aliphatic carbocycles. The van der Waals surface area contributed by atoms with E-state index in [1.807, 2.05) is 12.3 Å². The van der Waals surface area contributed by atoms with Crippen LogP contribution in [0.25, 0.3) is 0 Å². The molecule has 1 aliphatic heterocycles. The van der Waals surface area contributed by atoms with Crippen LogP contribution in [0.3, 0.4) is 0 Å². The average molecular weight is 269 g/mol. The lowest BCUT2D eigenvalue weighted by Crippen LogP contribution is -2.35. The number of rotatable bonds is 5. The van der Waals surface area contributed by atoms with Crippen LogP contribution in [0.1, 0.15) is 23.5 Å². The van der Waals surface area contributed by atoms with Crippen LogP contribution < -0.4 is 10.6 Å². The monoisotopic (exact) mass is 269 g/mol. The summed E-state index contributed by atoms with van der Waals surface area (Å²) in [7, 11) is 0. The fourth-order valence-electron chi connectivity index (χ4n) is 1.86. The summed E-state index contributed by atoms with van der Waals surface area (Å²) < 4.78 is 5.57. The zero-order valence-corrected chi connectivity index (χ0v) is 11.4. The number of hydrogen-bond acceptors (Lipinski definition) is 5. The fourth-order valence-corrected chi connectivity index (χ4v) is 2.58. The van der Waals surface area contributed by atoms with Gasteiger partial charge in [-0.25, -0.2) is 4.98 Å². The molecule has 0 saturated carbocycles. The van der Waals surface area contributed by atoms with Crippen molar-refractivity contribution in [2.75, 3.05) is 19.7 Å². The molecule has 6 heteroatoms. The molecule has 1 aromatic rings. The van der Waals surface area contributed by atoms with Gasteiger partial charge in [0.1, 0.15) is 11.6 Å². The van der Waals surface area contributed by atoms with Gasteiger partial charge in [0, 0.05) is 11.1 Å². The first kappa shape index (κ1) is 13.5. The van der Waals surface area contributed by atoms with Gasteiger partial charge in [0.05, 0.1) is 12.6 Å². The Morgan fingerprint density at radius 1 is 1.61 bits per heavy atom. The summed E-state index contributed by atoms with van der Waals surface area (Å²) >= 11 is 1.56. The number of aromatic nitrogens is 1. The van der Waals surface area contributed by atoms with Gasteiger partial charge in [0.25, 0.3) is 0 Å². The summed E-state index contributed by atoms with van der Waals surface area (Å²) in [5, 5.41) is 9.00. The molecule has 0 radical (unpaired) electrons. The summed E-state index contributed by atoms with van der Waals surface area (Å²) in [6.07, 6.45) is 2.19. The third kappa shape index (κ3) is 4.36. The maximum atomic E-state index is 11.6. The zero-order chi connectivity index (χ0) is 12.8. The molecule has 1 amide bonds. The minimum atomic E-state index is -0.0682. The summed E-state index contributed by atoms with van der Waals surface area (Å²) in [5.74, 6) is -0.0682. The summed E-state index contributed by atoms with van der Waals surface area (Å²) in [5.41, 5.74) is 0.996. The number of thiazole rings is 1. The lowest BCUT2D eigenvalue weighted by Gasteiger charge is -2.22. The van der Waals surface area contributed by atoms with E-state index in [2.05, 4.69) is 15.6 Å². The van der Waals surface area contributed by atoms with E-state index in [4.69, 9.17) is 4.74 Å². The number of ether oxygens (including phenoxy) is 1. The van der Waals surface area contributed by atoms with Crippen LogP contribution in [0.15, 0.2) is 5.38 Å². The van der Waals surface area contributed by atoms with Crippen LogP contribution >= 0.6 is 11.3 Å². The molecule has 5 nitrogen and oxygen atoms in total. The molecule has 1 fully saturated rings. The van der Waals surface area contributed by atoms with Gasteiger partial charge in [0.2, 0.25) is 5.91 Å². The molecule has 0 bridgehead atoms. The van der Waals surface area contributed by atoms with Crippen LogP contribution in [0.4, 0.5) is 0 Å². The van der Waals surface area contributed by atoms with Crippen molar-refractivity contribution in [2.24, 2.45) is 0 Å². The SMILES string of the molecule is Cc1csc(CNC(=O)COC2CCNCC2)n1. The van der Waals surface area contributed by atoms with Gasteiger partial charge in [-0.2, -0.15) is 0 Å². The Morgan fingerprint density at radius 3 is 3.06 bits per heavy atom. The number of carbonyl (C=O) groups excluding carboxylic acids is 1. The third-order valence-electron chi connectivity index (χ3n) is 2.84. The lowest BCUT2D eigenvalue weighted by atomic mass is 10.1. The van der Waals surface area contributed by atoms with Gasteiger partial charge in [-0.05, 0) is 32.9 Å². The second-order valence-corrected chi connectivity index (χ2v) is 5.36. The maximum absolute atomic E-state index is 11.6. The molecule has 1 saturated heterocycles. The van der Waals surface area contributed by atoms with Gasteiger partial charge >= 0.3 is 0 Å².